The first-order valence-corrected chi connectivity index (χ1v) is 4.58. The van der Waals surface area contributed by atoms with E-state index in [-0.39, 0.29) is 11.6 Å². The van der Waals surface area contributed by atoms with Gasteiger partial charge in [-0.05, 0) is 13.8 Å². The zero-order chi connectivity index (χ0) is 14.2. The Hall–Kier alpha value is -1.71. The van der Waals surface area contributed by atoms with Crippen LogP contribution in [0.5, 0.6) is 0 Å². The fraction of sp³-hybridized carbons (Fsp3) is 0.667. The number of hydrogen-bond acceptors (Lipinski definition) is 5. The summed E-state index contributed by atoms with van der Waals surface area (Å²) in [7, 11) is 0. The van der Waals surface area contributed by atoms with E-state index < -0.39 is 36.4 Å². The second kappa shape index (κ2) is 9.33. The first kappa shape index (κ1) is 21.6. The molecule has 0 saturated carbocycles. The van der Waals surface area contributed by atoms with E-state index in [1.165, 1.54) is 0 Å². The standard InChI is InChI=1S/C6H8O7.C3H8O.H2O/c7-3(8)1-6(13,5(11)12)2-4(9)10;1-3(2)4;/h13H,1-2H2,(H,7,8)(H,9,10)(H,11,12);3-4H,1-2H3;1H2. The molecular formula is C9H18O9. The summed E-state index contributed by atoms with van der Waals surface area (Å²) in [6.07, 6.45) is -2.46. The zero-order valence-corrected chi connectivity index (χ0v) is 9.95. The Bertz CT molecular complexity index is 265. The SMILES string of the molecule is CC(C)O.O.O=C(O)CC(O)(CC(=O)O)C(=O)O. The molecule has 0 aromatic heterocycles. The lowest BCUT2D eigenvalue weighted by Crippen LogP contribution is -2.42. The molecule has 0 spiro atoms. The highest BCUT2D eigenvalue weighted by Gasteiger charge is 2.40. The number of aliphatic carboxylic acids is 3. The molecule has 7 N–H and O–H groups in total. The molecule has 18 heavy (non-hydrogen) atoms. The van der Waals surface area contributed by atoms with Gasteiger partial charge >= 0.3 is 17.9 Å². The number of hydrogen-bond donors (Lipinski definition) is 5. The Labute approximate surface area is 103 Å². The van der Waals surface area contributed by atoms with E-state index in [0.29, 0.717) is 0 Å². The van der Waals surface area contributed by atoms with Crippen LogP contribution in [0.3, 0.4) is 0 Å². The number of carbonyl (C=O) groups is 3. The quantitative estimate of drug-likeness (QED) is 0.391. The lowest BCUT2D eigenvalue weighted by atomic mass is 9.96. The Kier molecular flexibility index (Phi) is 11.2. The molecular weight excluding hydrogens is 252 g/mol. The molecule has 9 heteroatoms. The highest BCUT2D eigenvalue weighted by molar-refractivity contribution is 5.88. The van der Waals surface area contributed by atoms with Gasteiger partial charge in [-0.1, -0.05) is 0 Å². The van der Waals surface area contributed by atoms with E-state index in [9.17, 15) is 14.4 Å². The van der Waals surface area contributed by atoms with Gasteiger partial charge in [-0.2, -0.15) is 0 Å². The Morgan fingerprint density at radius 2 is 1.22 bits per heavy atom. The molecule has 108 valence electrons. The fourth-order valence-electron chi connectivity index (χ4n) is 0.714. The summed E-state index contributed by atoms with van der Waals surface area (Å²) in [5.74, 6) is -5.02. The van der Waals surface area contributed by atoms with Crippen molar-refractivity contribution in [3.05, 3.63) is 0 Å². The molecule has 0 saturated heterocycles. The molecule has 0 amide bonds. The van der Waals surface area contributed by atoms with Crippen molar-refractivity contribution in [3.63, 3.8) is 0 Å². The normalized spacial score (nSPS) is 9.83. The molecule has 0 aliphatic rings. The van der Waals surface area contributed by atoms with Crippen molar-refractivity contribution < 1.29 is 45.4 Å². The van der Waals surface area contributed by atoms with Crippen molar-refractivity contribution in [1.29, 1.82) is 0 Å². The van der Waals surface area contributed by atoms with Crippen molar-refractivity contribution >= 4 is 17.9 Å². The zero-order valence-electron chi connectivity index (χ0n) is 9.95. The Balaban J connectivity index is -0.000000392. The number of carboxylic acid groups (broad SMARTS) is 3. The monoisotopic (exact) mass is 270 g/mol. The van der Waals surface area contributed by atoms with E-state index in [4.69, 9.17) is 25.5 Å². The van der Waals surface area contributed by atoms with Gasteiger partial charge < -0.3 is 31.0 Å². The summed E-state index contributed by atoms with van der Waals surface area (Å²) in [5, 5.41) is 41.9. The van der Waals surface area contributed by atoms with Crippen LogP contribution in [0.1, 0.15) is 26.7 Å². The van der Waals surface area contributed by atoms with Crippen LogP contribution in [0.25, 0.3) is 0 Å². The average molecular weight is 270 g/mol. The van der Waals surface area contributed by atoms with Crippen molar-refractivity contribution in [3.8, 4) is 0 Å². The first-order valence-electron chi connectivity index (χ1n) is 4.58. The largest absolute Gasteiger partial charge is 0.481 e. The molecule has 0 unspecified atom stereocenters. The van der Waals surface area contributed by atoms with E-state index in [2.05, 4.69) is 0 Å². The van der Waals surface area contributed by atoms with Crippen LogP contribution in [0.4, 0.5) is 0 Å². The third-order valence-electron chi connectivity index (χ3n) is 1.29. The van der Waals surface area contributed by atoms with E-state index in [1.54, 1.807) is 13.8 Å². The predicted molar refractivity (Wildman–Crippen MR) is 58.1 cm³/mol. The maximum Gasteiger partial charge on any atom is 0.336 e. The molecule has 0 aliphatic carbocycles. The maximum absolute atomic E-state index is 10.3. The van der Waals surface area contributed by atoms with Crippen molar-refractivity contribution in [2.45, 2.75) is 38.4 Å². The summed E-state index contributed by atoms with van der Waals surface area (Å²) in [6, 6.07) is 0. The third-order valence-corrected chi connectivity index (χ3v) is 1.29. The minimum absolute atomic E-state index is 0. The Morgan fingerprint density at radius 1 is 1.00 bits per heavy atom. The van der Waals surface area contributed by atoms with Crippen molar-refractivity contribution in [2.24, 2.45) is 0 Å². The minimum Gasteiger partial charge on any atom is -0.481 e. The molecule has 9 nitrogen and oxygen atoms in total. The van der Waals surface area contributed by atoms with Gasteiger partial charge in [0.15, 0.2) is 5.60 Å². The van der Waals surface area contributed by atoms with Gasteiger partial charge in [-0.3, -0.25) is 9.59 Å². The van der Waals surface area contributed by atoms with E-state index in [0.717, 1.165) is 0 Å². The van der Waals surface area contributed by atoms with Crippen LogP contribution >= 0.6 is 0 Å². The molecule has 0 aromatic carbocycles. The van der Waals surface area contributed by atoms with E-state index in [1.807, 2.05) is 0 Å². The van der Waals surface area contributed by atoms with Crippen LogP contribution in [-0.4, -0.2) is 60.6 Å². The van der Waals surface area contributed by atoms with Crippen molar-refractivity contribution in [2.75, 3.05) is 0 Å². The lowest BCUT2D eigenvalue weighted by Gasteiger charge is -2.18. The summed E-state index contributed by atoms with van der Waals surface area (Å²) in [6.45, 7) is 3.44. The summed E-state index contributed by atoms with van der Waals surface area (Å²) < 4.78 is 0. The summed E-state index contributed by atoms with van der Waals surface area (Å²) in [4.78, 5) is 30.5. The summed E-state index contributed by atoms with van der Waals surface area (Å²) in [5.41, 5.74) is -2.74. The highest BCUT2D eigenvalue weighted by Crippen LogP contribution is 2.15. The molecule has 0 heterocycles. The highest BCUT2D eigenvalue weighted by atomic mass is 16.4. The second-order valence-corrected chi connectivity index (χ2v) is 3.57. The van der Waals surface area contributed by atoms with Gasteiger partial charge in [0, 0.05) is 6.10 Å². The molecule has 0 aliphatic heterocycles. The van der Waals surface area contributed by atoms with Crippen LogP contribution < -0.4 is 0 Å². The molecule has 0 atom stereocenters. The van der Waals surface area contributed by atoms with Gasteiger partial charge in [-0.15, -0.1) is 0 Å². The van der Waals surface area contributed by atoms with Gasteiger partial charge in [0.1, 0.15) is 0 Å². The van der Waals surface area contributed by atoms with Gasteiger partial charge in [-0.25, -0.2) is 4.79 Å². The lowest BCUT2D eigenvalue weighted by molar-refractivity contribution is -0.170. The maximum atomic E-state index is 10.3. The second-order valence-electron chi connectivity index (χ2n) is 3.57. The fourth-order valence-corrected chi connectivity index (χ4v) is 0.714. The van der Waals surface area contributed by atoms with Crippen molar-refractivity contribution in [1.82, 2.24) is 0 Å². The van der Waals surface area contributed by atoms with Crippen LogP contribution in [0, 0.1) is 0 Å². The Morgan fingerprint density at radius 3 is 1.33 bits per heavy atom. The predicted octanol–water partition coefficient (Wildman–Crippen LogP) is -1.69. The van der Waals surface area contributed by atoms with Gasteiger partial charge in [0.2, 0.25) is 0 Å². The topological polar surface area (TPSA) is 184 Å². The number of aliphatic hydroxyl groups is 2. The molecule has 0 aromatic rings. The number of carboxylic acids is 3. The first-order chi connectivity index (χ1) is 7.51. The minimum atomic E-state index is -2.74. The van der Waals surface area contributed by atoms with Gasteiger partial charge in [0.25, 0.3) is 0 Å². The average Bonchev–Trinajstić information content (AvgIpc) is 1.98. The van der Waals surface area contributed by atoms with Crippen LogP contribution in [0.15, 0.2) is 0 Å². The third kappa shape index (κ3) is 12.4. The number of aliphatic hydroxyl groups excluding tert-OH is 1. The van der Waals surface area contributed by atoms with E-state index >= 15 is 0 Å². The molecule has 0 rings (SSSR count). The number of rotatable bonds is 5. The molecule has 0 radical (unpaired) electrons. The summed E-state index contributed by atoms with van der Waals surface area (Å²) >= 11 is 0. The van der Waals surface area contributed by atoms with Crippen LogP contribution in [-0.2, 0) is 14.4 Å². The molecule has 0 fully saturated rings. The molecule has 0 bridgehead atoms. The smallest absolute Gasteiger partial charge is 0.336 e. The van der Waals surface area contributed by atoms with Gasteiger partial charge in [0.05, 0.1) is 12.8 Å². The van der Waals surface area contributed by atoms with Crippen LogP contribution in [0.2, 0.25) is 0 Å².